The minimum atomic E-state index is -0.582. The maximum absolute atomic E-state index is 13.6. The summed E-state index contributed by atoms with van der Waals surface area (Å²) in [4.78, 5) is 39.9. The van der Waals surface area contributed by atoms with Gasteiger partial charge in [0, 0.05) is 47.0 Å². The summed E-state index contributed by atoms with van der Waals surface area (Å²) in [5.41, 5.74) is 3.65. The number of halogens is 3. The van der Waals surface area contributed by atoms with Crippen molar-refractivity contribution in [1.29, 1.82) is 0 Å². The van der Waals surface area contributed by atoms with Crippen LogP contribution in [0.5, 0.6) is 11.5 Å². The van der Waals surface area contributed by atoms with Gasteiger partial charge in [-0.2, -0.15) is 0 Å². The number of rotatable bonds is 6. The van der Waals surface area contributed by atoms with Crippen molar-refractivity contribution in [2.75, 3.05) is 19.0 Å². The highest BCUT2D eigenvalue weighted by molar-refractivity contribution is 6.42. The van der Waals surface area contributed by atoms with Crippen LogP contribution in [-0.2, 0) is 14.4 Å². The molecule has 2 aromatic rings. The first-order chi connectivity index (χ1) is 19.7. The van der Waals surface area contributed by atoms with Crippen molar-refractivity contribution >= 4 is 58.0 Å². The Morgan fingerprint density at radius 2 is 1.48 bits per heavy atom. The van der Waals surface area contributed by atoms with Crippen LogP contribution in [0.1, 0.15) is 64.9 Å². The highest BCUT2D eigenvalue weighted by Gasteiger charge is 2.46. The van der Waals surface area contributed by atoms with E-state index in [1.165, 1.54) is 13.2 Å². The molecule has 0 saturated carbocycles. The van der Waals surface area contributed by atoms with E-state index in [4.69, 9.17) is 44.3 Å². The van der Waals surface area contributed by atoms with Gasteiger partial charge in [-0.1, -0.05) is 62.5 Å². The highest BCUT2D eigenvalue weighted by Crippen LogP contribution is 2.52. The first-order valence-corrected chi connectivity index (χ1v) is 14.9. The quantitative estimate of drug-likeness (QED) is 0.340. The van der Waals surface area contributed by atoms with E-state index in [1.54, 1.807) is 24.3 Å². The zero-order valence-electron chi connectivity index (χ0n) is 24.2. The third kappa shape index (κ3) is 6.05. The van der Waals surface area contributed by atoms with Crippen molar-refractivity contribution in [2.45, 2.75) is 59.3 Å². The number of carbonyl (C=O) groups excluding carboxylic acids is 3. The van der Waals surface area contributed by atoms with Crippen LogP contribution in [0.3, 0.4) is 0 Å². The Bertz CT molecular complexity index is 1520. The average Bonchev–Trinajstić information content (AvgIpc) is 2.87. The van der Waals surface area contributed by atoms with Gasteiger partial charge in [-0.05, 0) is 59.6 Å². The van der Waals surface area contributed by atoms with Gasteiger partial charge < -0.3 is 20.1 Å². The summed E-state index contributed by atoms with van der Waals surface area (Å²) in [5, 5.41) is 7.09. The lowest BCUT2D eigenvalue weighted by Gasteiger charge is -2.44. The number of amides is 1. The zero-order valence-corrected chi connectivity index (χ0v) is 26.4. The van der Waals surface area contributed by atoms with Crippen LogP contribution in [-0.4, -0.2) is 31.2 Å². The predicted molar refractivity (Wildman–Crippen MR) is 165 cm³/mol. The maximum Gasteiger partial charge on any atom is 0.262 e. The fraction of sp³-hybridized carbons (Fsp3) is 0.406. The van der Waals surface area contributed by atoms with Crippen molar-refractivity contribution in [3.05, 3.63) is 73.5 Å². The topological polar surface area (TPSA) is 93.7 Å². The second kappa shape index (κ2) is 11.3. The largest absolute Gasteiger partial charge is 0.493 e. The molecule has 0 radical (unpaired) electrons. The number of hydrogen-bond acceptors (Lipinski definition) is 6. The molecule has 2 N–H and O–H groups in total. The fourth-order valence-corrected chi connectivity index (χ4v) is 6.75. The van der Waals surface area contributed by atoms with Crippen LogP contribution < -0.4 is 20.1 Å². The van der Waals surface area contributed by atoms with Crippen molar-refractivity contribution in [1.82, 2.24) is 5.32 Å². The summed E-state index contributed by atoms with van der Waals surface area (Å²) in [6.45, 7) is 7.96. The molecule has 0 bridgehead atoms. The molecular weight excluding hydrogens is 599 g/mol. The smallest absolute Gasteiger partial charge is 0.262 e. The number of nitrogens with one attached hydrogen (secondary N) is 2. The van der Waals surface area contributed by atoms with E-state index in [-0.39, 0.29) is 45.5 Å². The maximum atomic E-state index is 13.6. The summed E-state index contributed by atoms with van der Waals surface area (Å²) in [5.74, 6) is -0.535. The summed E-state index contributed by atoms with van der Waals surface area (Å²) in [6, 6.07) is 8.18. The second-order valence-corrected chi connectivity index (χ2v) is 13.9. The van der Waals surface area contributed by atoms with Crippen LogP contribution in [0.25, 0.3) is 0 Å². The fourth-order valence-electron chi connectivity index (χ4n) is 6.18. The molecule has 10 heteroatoms. The molecule has 0 saturated heterocycles. The third-order valence-electron chi connectivity index (χ3n) is 7.86. The van der Waals surface area contributed by atoms with Gasteiger partial charge in [0.05, 0.1) is 22.2 Å². The molecule has 0 spiro atoms. The van der Waals surface area contributed by atoms with Crippen LogP contribution >= 0.6 is 34.8 Å². The lowest BCUT2D eigenvalue weighted by atomic mass is 9.64. The molecule has 1 heterocycles. The molecule has 1 aliphatic heterocycles. The van der Waals surface area contributed by atoms with E-state index in [1.807, 2.05) is 0 Å². The second-order valence-electron chi connectivity index (χ2n) is 12.7. The molecule has 0 fully saturated rings. The molecule has 0 unspecified atom stereocenters. The van der Waals surface area contributed by atoms with Crippen LogP contribution in [0.4, 0.5) is 5.69 Å². The Balaban J connectivity index is 1.49. The number of dihydropyridines is 1. The Kier molecular flexibility index (Phi) is 8.16. The lowest BCUT2D eigenvalue weighted by Crippen LogP contribution is -2.42. The van der Waals surface area contributed by atoms with Crippen molar-refractivity contribution in [3.63, 3.8) is 0 Å². The van der Waals surface area contributed by atoms with Crippen LogP contribution in [0.2, 0.25) is 15.1 Å². The van der Waals surface area contributed by atoms with Crippen molar-refractivity contribution < 1.29 is 23.9 Å². The number of methoxy groups -OCH3 is 1. The molecule has 2 aliphatic carbocycles. The molecule has 1 amide bonds. The molecular formula is C32H33Cl3N2O5. The van der Waals surface area contributed by atoms with Gasteiger partial charge in [-0.25, -0.2) is 0 Å². The van der Waals surface area contributed by atoms with Crippen molar-refractivity contribution in [2.24, 2.45) is 10.8 Å². The normalized spacial score (nSPS) is 19.6. The summed E-state index contributed by atoms with van der Waals surface area (Å²) >= 11 is 18.7. The zero-order chi connectivity index (χ0) is 30.6. The number of benzene rings is 2. The molecule has 0 atom stereocenters. The van der Waals surface area contributed by atoms with E-state index in [0.717, 1.165) is 11.4 Å². The molecule has 5 rings (SSSR count). The molecule has 222 valence electrons. The third-order valence-corrected chi connectivity index (χ3v) is 8.87. The van der Waals surface area contributed by atoms with Gasteiger partial charge in [0.15, 0.2) is 29.7 Å². The first kappa shape index (κ1) is 30.5. The van der Waals surface area contributed by atoms with Crippen LogP contribution in [0, 0.1) is 10.8 Å². The monoisotopic (exact) mass is 630 g/mol. The standard InChI is InChI=1S/C32H33Cl3N2O5/c1-31(2)11-21-28(23(38)13-31)27(29-22(37-21)12-32(3,4)14-24(29)39)16-8-20(35)30(25(9-16)41-5)42-15-26(40)36-17-6-7-18(33)19(34)10-17/h6-10,27,37H,11-15H2,1-5H3,(H,36,40). The van der Waals surface area contributed by atoms with E-state index in [2.05, 4.69) is 38.3 Å². The van der Waals surface area contributed by atoms with E-state index in [0.29, 0.717) is 58.1 Å². The SMILES string of the molecule is COc1cc(C2C3=C(CC(C)(C)CC3=O)NC3=C2C(=O)CC(C)(C)C3)cc(Cl)c1OCC(=O)Nc1ccc(Cl)c(Cl)c1. The van der Waals surface area contributed by atoms with E-state index in [9.17, 15) is 14.4 Å². The van der Waals surface area contributed by atoms with Gasteiger partial charge in [0.25, 0.3) is 5.91 Å². The molecule has 3 aliphatic rings. The minimum absolute atomic E-state index is 0.0114. The Morgan fingerprint density at radius 1 is 0.881 bits per heavy atom. The summed E-state index contributed by atoms with van der Waals surface area (Å²) in [6.07, 6.45) is 2.14. The molecule has 7 nitrogen and oxygen atoms in total. The van der Waals surface area contributed by atoms with E-state index >= 15 is 0 Å². The predicted octanol–water partition coefficient (Wildman–Crippen LogP) is 7.65. The Hall–Kier alpha value is -3.00. The van der Waals surface area contributed by atoms with Crippen LogP contribution in [0.15, 0.2) is 52.9 Å². The summed E-state index contributed by atoms with van der Waals surface area (Å²) < 4.78 is 11.4. The van der Waals surface area contributed by atoms with Gasteiger partial charge >= 0.3 is 0 Å². The summed E-state index contributed by atoms with van der Waals surface area (Å²) in [7, 11) is 1.47. The van der Waals surface area contributed by atoms with E-state index < -0.39 is 11.8 Å². The van der Waals surface area contributed by atoms with Gasteiger partial charge in [-0.3, -0.25) is 14.4 Å². The number of hydrogen-bond donors (Lipinski definition) is 2. The van der Waals surface area contributed by atoms with Gasteiger partial charge in [0.2, 0.25) is 0 Å². The number of anilines is 1. The van der Waals surface area contributed by atoms with Gasteiger partial charge in [0.1, 0.15) is 0 Å². The van der Waals surface area contributed by atoms with Crippen molar-refractivity contribution in [3.8, 4) is 11.5 Å². The Labute approximate surface area is 260 Å². The molecule has 0 aromatic heterocycles. The first-order valence-electron chi connectivity index (χ1n) is 13.7. The number of carbonyl (C=O) groups is 3. The average molecular weight is 632 g/mol. The molecule has 2 aromatic carbocycles. The number of ether oxygens (including phenoxy) is 2. The molecule has 42 heavy (non-hydrogen) atoms. The number of Topliss-reactive ketones (excluding diaryl/α,β-unsaturated/α-hetero) is 2. The lowest BCUT2D eigenvalue weighted by molar-refractivity contribution is -0.119. The van der Waals surface area contributed by atoms with Gasteiger partial charge in [-0.15, -0.1) is 0 Å². The Morgan fingerprint density at radius 3 is 2.02 bits per heavy atom. The highest BCUT2D eigenvalue weighted by atomic mass is 35.5. The number of ketones is 2. The number of allylic oxidation sites excluding steroid dienone is 4. The minimum Gasteiger partial charge on any atom is -0.493 e.